The summed E-state index contributed by atoms with van der Waals surface area (Å²) in [5.74, 6) is 0.379. The van der Waals surface area contributed by atoms with E-state index in [9.17, 15) is 8.42 Å². The molecule has 1 fully saturated rings. The maximum atomic E-state index is 12.8. The molecule has 0 aliphatic carbocycles. The molecule has 0 spiro atoms. The Hall–Kier alpha value is -0.590. The van der Waals surface area contributed by atoms with Crippen LogP contribution >= 0.6 is 23.2 Å². The summed E-state index contributed by atoms with van der Waals surface area (Å²) < 4.78 is 32.5. The molecule has 1 aromatic carbocycles. The van der Waals surface area contributed by atoms with Gasteiger partial charge in [0.15, 0.2) is 0 Å². The summed E-state index contributed by atoms with van der Waals surface area (Å²) in [5, 5.41) is 0.629. The average molecular weight is 378 g/mol. The first-order valence-corrected chi connectivity index (χ1v) is 9.70. The lowest BCUT2D eigenvalue weighted by atomic mass is 9.99. The number of rotatable bonds is 6. The van der Waals surface area contributed by atoms with Crippen molar-refractivity contribution in [3.05, 3.63) is 40.4 Å². The molecule has 0 unspecified atom stereocenters. The first-order chi connectivity index (χ1) is 10.9. The Labute approximate surface area is 148 Å². The number of ether oxygens (including phenoxy) is 1. The van der Waals surface area contributed by atoms with E-state index in [0.717, 1.165) is 12.8 Å². The van der Waals surface area contributed by atoms with E-state index in [4.69, 9.17) is 27.9 Å². The molecule has 1 saturated heterocycles. The van der Waals surface area contributed by atoms with Gasteiger partial charge in [0, 0.05) is 24.7 Å². The van der Waals surface area contributed by atoms with Gasteiger partial charge in [0.2, 0.25) is 10.0 Å². The number of hydrogen-bond donors (Lipinski definition) is 0. The van der Waals surface area contributed by atoms with Crippen LogP contribution in [0.25, 0.3) is 0 Å². The molecule has 7 heteroatoms. The lowest BCUT2D eigenvalue weighted by molar-refractivity contribution is 0.0982. The number of nitrogens with zero attached hydrogens (tertiary/aromatic N) is 1. The van der Waals surface area contributed by atoms with E-state index in [1.54, 1.807) is 19.1 Å². The van der Waals surface area contributed by atoms with Gasteiger partial charge in [-0.15, -0.1) is 6.58 Å². The fourth-order valence-corrected chi connectivity index (χ4v) is 4.88. The maximum Gasteiger partial charge on any atom is 0.244 e. The Balaban J connectivity index is 2.07. The Morgan fingerprint density at radius 2 is 1.96 bits per heavy atom. The molecule has 1 heterocycles. The Bertz CT molecular complexity index is 668. The van der Waals surface area contributed by atoms with Crippen LogP contribution in [0.15, 0.2) is 29.7 Å². The summed E-state index contributed by atoms with van der Waals surface area (Å²) in [7, 11) is -3.59. The van der Waals surface area contributed by atoms with Crippen LogP contribution < -0.4 is 0 Å². The van der Waals surface area contributed by atoms with E-state index in [0.29, 0.717) is 42.8 Å². The zero-order valence-electron chi connectivity index (χ0n) is 13.1. The SMILES string of the molecule is C=CCOCC1CCN(S(=O)(=O)c2cc(C)c(Cl)cc2Cl)CC1. The molecule has 0 saturated carbocycles. The molecule has 1 aliphatic heterocycles. The summed E-state index contributed by atoms with van der Waals surface area (Å²) in [6.07, 6.45) is 3.27. The van der Waals surface area contributed by atoms with E-state index in [1.165, 1.54) is 10.4 Å². The third-order valence-electron chi connectivity index (χ3n) is 3.99. The van der Waals surface area contributed by atoms with Crippen molar-refractivity contribution in [1.29, 1.82) is 0 Å². The van der Waals surface area contributed by atoms with Crippen LogP contribution in [-0.2, 0) is 14.8 Å². The van der Waals surface area contributed by atoms with E-state index in [2.05, 4.69) is 6.58 Å². The lowest BCUT2D eigenvalue weighted by Crippen LogP contribution is -2.39. The minimum absolute atomic E-state index is 0.127. The first-order valence-electron chi connectivity index (χ1n) is 7.50. The molecule has 1 aliphatic rings. The Morgan fingerprint density at radius 3 is 2.57 bits per heavy atom. The zero-order valence-corrected chi connectivity index (χ0v) is 15.4. The average Bonchev–Trinajstić information content (AvgIpc) is 2.51. The number of aryl methyl sites for hydroxylation is 1. The van der Waals surface area contributed by atoms with Gasteiger partial charge in [0.1, 0.15) is 4.90 Å². The molecular formula is C16H21Cl2NO3S. The van der Waals surface area contributed by atoms with E-state index in [1.807, 2.05) is 0 Å². The van der Waals surface area contributed by atoms with E-state index < -0.39 is 10.0 Å². The van der Waals surface area contributed by atoms with E-state index >= 15 is 0 Å². The van der Waals surface area contributed by atoms with Gasteiger partial charge in [0.05, 0.1) is 11.6 Å². The van der Waals surface area contributed by atoms with Gasteiger partial charge in [0.25, 0.3) is 0 Å². The normalized spacial score (nSPS) is 17.3. The number of hydrogen-bond acceptors (Lipinski definition) is 3. The summed E-state index contributed by atoms with van der Waals surface area (Å²) in [6.45, 7) is 7.49. The largest absolute Gasteiger partial charge is 0.377 e. The molecule has 0 atom stereocenters. The highest BCUT2D eigenvalue weighted by Crippen LogP contribution is 2.32. The van der Waals surface area contributed by atoms with Crippen molar-refractivity contribution in [2.75, 3.05) is 26.3 Å². The van der Waals surface area contributed by atoms with Gasteiger partial charge in [-0.1, -0.05) is 29.3 Å². The van der Waals surface area contributed by atoms with Crippen LogP contribution in [0.1, 0.15) is 18.4 Å². The second kappa shape index (κ2) is 7.99. The smallest absolute Gasteiger partial charge is 0.244 e. The predicted octanol–water partition coefficient (Wildman–Crippen LogP) is 3.91. The monoisotopic (exact) mass is 377 g/mol. The van der Waals surface area contributed by atoms with Gasteiger partial charge in [-0.2, -0.15) is 4.31 Å². The zero-order chi connectivity index (χ0) is 17.0. The third-order valence-corrected chi connectivity index (χ3v) is 6.76. The van der Waals surface area contributed by atoms with Crippen molar-refractivity contribution < 1.29 is 13.2 Å². The number of halogens is 2. The fraction of sp³-hybridized carbons (Fsp3) is 0.500. The van der Waals surface area contributed by atoms with Crippen LogP contribution in [0.3, 0.4) is 0 Å². The molecule has 0 N–H and O–H groups in total. The molecule has 23 heavy (non-hydrogen) atoms. The molecule has 2 rings (SSSR count). The molecule has 128 valence electrons. The van der Waals surface area contributed by atoms with Crippen molar-refractivity contribution in [2.45, 2.75) is 24.7 Å². The topological polar surface area (TPSA) is 46.6 Å². The highest BCUT2D eigenvalue weighted by Gasteiger charge is 2.31. The molecule has 0 amide bonds. The van der Waals surface area contributed by atoms with Crippen LogP contribution in [0, 0.1) is 12.8 Å². The van der Waals surface area contributed by atoms with E-state index in [-0.39, 0.29) is 9.92 Å². The Kier molecular flexibility index (Phi) is 6.51. The first kappa shape index (κ1) is 18.7. The summed E-state index contributed by atoms with van der Waals surface area (Å²) in [5.41, 5.74) is 0.697. The second-order valence-electron chi connectivity index (χ2n) is 5.71. The van der Waals surface area contributed by atoms with Crippen molar-refractivity contribution in [2.24, 2.45) is 5.92 Å². The van der Waals surface area contributed by atoms with Gasteiger partial charge in [-0.05, 0) is 43.4 Å². The summed E-state index contributed by atoms with van der Waals surface area (Å²) in [4.78, 5) is 0.127. The molecule has 4 nitrogen and oxygen atoms in total. The standard InChI is InChI=1S/C16H21Cl2NO3S/c1-3-8-22-11-13-4-6-19(7-5-13)23(20,21)16-9-12(2)14(17)10-15(16)18/h3,9-10,13H,1,4-8,11H2,2H3. The van der Waals surface area contributed by atoms with Crippen LogP contribution in [0.4, 0.5) is 0 Å². The minimum atomic E-state index is -3.59. The lowest BCUT2D eigenvalue weighted by Gasteiger charge is -2.31. The second-order valence-corrected chi connectivity index (χ2v) is 8.43. The quantitative estimate of drug-likeness (QED) is 0.557. The van der Waals surface area contributed by atoms with Crippen LogP contribution in [0.2, 0.25) is 10.0 Å². The molecule has 1 aromatic rings. The Morgan fingerprint density at radius 1 is 1.30 bits per heavy atom. The minimum Gasteiger partial charge on any atom is -0.377 e. The van der Waals surface area contributed by atoms with Crippen molar-refractivity contribution in [3.63, 3.8) is 0 Å². The van der Waals surface area contributed by atoms with Gasteiger partial charge in [-0.25, -0.2) is 8.42 Å². The van der Waals surface area contributed by atoms with Crippen LogP contribution in [0.5, 0.6) is 0 Å². The van der Waals surface area contributed by atoms with Crippen molar-refractivity contribution in [1.82, 2.24) is 4.31 Å². The highest BCUT2D eigenvalue weighted by atomic mass is 35.5. The summed E-state index contributed by atoms with van der Waals surface area (Å²) in [6, 6.07) is 3.03. The fourth-order valence-electron chi connectivity index (χ4n) is 2.60. The predicted molar refractivity (Wildman–Crippen MR) is 93.7 cm³/mol. The number of benzene rings is 1. The molecule has 0 radical (unpaired) electrons. The third kappa shape index (κ3) is 4.48. The highest BCUT2D eigenvalue weighted by molar-refractivity contribution is 7.89. The van der Waals surface area contributed by atoms with Crippen molar-refractivity contribution >= 4 is 33.2 Å². The van der Waals surface area contributed by atoms with Gasteiger partial charge >= 0.3 is 0 Å². The van der Waals surface area contributed by atoms with Crippen molar-refractivity contribution in [3.8, 4) is 0 Å². The van der Waals surface area contributed by atoms with Gasteiger partial charge < -0.3 is 4.74 Å². The van der Waals surface area contributed by atoms with Crippen LogP contribution in [-0.4, -0.2) is 39.0 Å². The molecular weight excluding hydrogens is 357 g/mol. The molecule has 0 aromatic heterocycles. The van der Waals surface area contributed by atoms with Gasteiger partial charge in [-0.3, -0.25) is 0 Å². The summed E-state index contributed by atoms with van der Waals surface area (Å²) >= 11 is 12.1. The number of sulfonamides is 1. The maximum absolute atomic E-state index is 12.8. The molecule has 0 bridgehead atoms. The number of piperidine rings is 1.